The number of rotatable bonds is 3. The summed E-state index contributed by atoms with van der Waals surface area (Å²) in [5, 5.41) is 10.0. The van der Waals surface area contributed by atoms with Crippen molar-refractivity contribution in [3.63, 3.8) is 0 Å². The number of aryl methyl sites for hydroxylation is 1. The second-order valence-electron chi connectivity index (χ2n) is 4.22. The van der Waals surface area contributed by atoms with Crippen molar-refractivity contribution < 1.29 is 5.11 Å². The third-order valence-electron chi connectivity index (χ3n) is 2.89. The van der Waals surface area contributed by atoms with Crippen LogP contribution in [0.15, 0.2) is 17.2 Å². The number of hydrogen-bond donors (Lipinski definition) is 3. The van der Waals surface area contributed by atoms with Crippen molar-refractivity contribution in [1.29, 1.82) is 0 Å². The molecule has 0 saturated carbocycles. The van der Waals surface area contributed by atoms with Gasteiger partial charge in [-0.2, -0.15) is 0 Å². The lowest BCUT2D eigenvalue weighted by Gasteiger charge is -2.09. The van der Waals surface area contributed by atoms with Gasteiger partial charge in [-0.3, -0.25) is 9.36 Å². The molecule has 6 nitrogen and oxygen atoms in total. The topological polar surface area (TPSA) is 107 Å². The summed E-state index contributed by atoms with van der Waals surface area (Å²) in [7, 11) is 0. The zero-order valence-electron chi connectivity index (χ0n) is 10.2. The molecule has 0 radical (unpaired) electrons. The summed E-state index contributed by atoms with van der Waals surface area (Å²) in [6.07, 6.45) is 3.28. The van der Waals surface area contributed by atoms with Crippen LogP contribution >= 0.6 is 0 Å². The summed E-state index contributed by atoms with van der Waals surface area (Å²) in [6, 6.07) is 1.38. The highest BCUT2D eigenvalue weighted by Gasteiger charge is 2.13. The van der Waals surface area contributed by atoms with Crippen molar-refractivity contribution in [2.45, 2.75) is 26.3 Å². The number of fused-ring (bicyclic) bond motifs is 1. The molecule has 6 heteroatoms. The van der Waals surface area contributed by atoms with E-state index in [1.54, 1.807) is 0 Å². The van der Waals surface area contributed by atoms with Crippen LogP contribution in [0.1, 0.15) is 19.8 Å². The monoisotopic (exact) mass is 248 g/mol. The highest BCUT2D eigenvalue weighted by Crippen LogP contribution is 2.31. The predicted octanol–water partition coefficient (Wildman–Crippen LogP) is 1.07. The van der Waals surface area contributed by atoms with Gasteiger partial charge in [0.1, 0.15) is 5.52 Å². The van der Waals surface area contributed by atoms with E-state index in [0.717, 1.165) is 12.8 Å². The first-order valence-corrected chi connectivity index (χ1v) is 5.82. The summed E-state index contributed by atoms with van der Waals surface area (Å²) in [6.45, 7) is 2.63. The number of hydrogen-bond acceptors (Lipinski definition) is 5. The van der Waals surface area contributed by atoms with Crippen LogP contribution in [0.3, 0.4) is 0 Å². The van der Waals surface area contributed by atoms with E-state index in [2.05, 4.69) is 4.98 Å². The van der Waals surface area contributed by atoms with Gasteiger partial charge in [-0.1, -0.05) is 13.3 Å². The Morgan fingerprint density at radius 1 is 1.39 bits per heavy atom. The molecule has 5 N–H and O–H groups in total. The first kappa shape index (κ1) is 12.2. The molecule has 1 heterocycles. The molecule has 0 fully saturated rings. The Kier molecular flexibility index (Phi) is 3.10. The Labute approximate surface area is 104 Å². The molecule has 0 saturated heterocycles. The van der Waals surface area contributed by atoms with Gasteiger partial charge in [0.2, 0.25) is 0 Å². The average molecular weight is 248 g/mol. The highest BCUT2D eigenvalue weighted by atomic mass is 16.3. The molecule has 0 spiro atoms. The quantitative estimate of drug-likeness (QED) is 0.428. The fourth-order valence-corrected chi connectivity index (χ4v) is 1.86. The molecule has 0 aliphatic heterocycles. The van der Waals surface area contributed by atoms with Gasteiger partial charge >= 0.3 is 0 Å². The molecule has 96 valence electrons. The number of aromatic hydroxyl groups is 1. The molecule has 2 rings (SSSR count). The van der Waals surface area contributed by atoms with Crippen molar-refractivity contribution in [3.05, 3.63) is 22.7 Å². The van der Waals surface area contributed by atoms with E-state index >= 15 is 0 Å². The van der Waals surface area contributed by atoms with Crippen LogP contribution in [0.5, 0.6) is 5.75 Å². The molecule has 18 heavy (non-hydrogen) atoms. The summed E-state index contributed by atoms with van der Waals surface area (Å²) in [5.74, 6) is -0.195. The van der Waals surface area contributed by atoms with E-state index in [9.17, 15) is 9.90 Å². The third kappa shape index (κ3) is 1.85. The molecule has 0 atom stereocenters. The zero-order chi connectivity index (χ0) is 13.3. The Balaban J connectivity index is 2.71. The Morgan fingerprint density at radius 3 is 2.78 bits per heavy atom. The number of phenols is 1. The van der Waals surface area contributed by atoms with Crippen LogP contribution in [0.2, 0.25) is 0 Å². The minimum Gasteiger partial charge on any atom is -0.504 e. The van der Waals surface area contributed by atoms with Gasteiger partial charge in [0, 0.05) is 12.2 Å². The van der Waals surface area contributed by atoms with Crippen molar-refractivity contribution in [1.82, 2.24) is 9.55 Å². The van der Waals surface area contributed by atoms with E-state index in [0.29, 0.717) is 6.54 Å². The molecular weight excluding hydrogens is 232 g/mol. The number of nitrogens with zero attached hydrogens (tertiary/aromatic N) is 2. The Bertz CT molecular complexity index is 649. The molecule has 0 aliphatic carbocycles. The van der Waals surface area contributed by atoms with Gasteiger partial charge in [0.25, 0.3) is 5.56 Å². The smallest absolute Gasteiger partial charge is 0.263 e. The molecule has 0 unspecified atom stereocenters. The maximum absolute atomic E-state index is 12.2. The van der Waals surface area contributed by atoms with Crippen LogP contribution in [0.4, 0.5) is 11.4 Å². The van der Waals surface area contributed by atoms with Gasteiger partial charge in [-0.15, -0.1) is 0 Å². The van der Waals surface area contributed by atoms with Gasteiger partial charge < -0.3 is 16.6 Å². The van der Waals surface area contributed by atoms with Gasteiger partial charge in [0.15, 0.2) is 5.75 Å². The minimum atomic E-state index is -0.249. The number of nitrogen functional groups attached to an aromatic ring is 2. The molecule has 0 amide bonds. The number of nitrogens with two attached hydrogens (primary N) is 2. The van der Waals surface area contributed by atoms with Crippen LogP contribution in [-0.2, 0) is 6.54 Å². The van der Waals surface area contributed by atoms with E-state index in [1.165, 1.54) is 17.0 Å². The molecule has 1 aromatic heterocycles. The number of benzene rings is 1. The van der Waals surface area contributed by atoms with E-state index in [4.69, 9.17) is 11.5 Å². The molecule has 1 aromatic carbocycles. The second-order valence-corrected chi connectivity index (χ2v) is 4.22. The van der Waals surface area contributed by atoms with Gasteiger partial charge in [-0.25, -0.2) is 4.98 Å². The maximum Gasteiger partial charge on any atom is 0.263 e. The van der Waals surface area contributed by atoms with Crippen molar-refractivity contribution in [3.8, 4) is 5.75 Å². The molecular formula is C12H16N4O2. The Hall–Kier alpha value is -2.24. The Morgan fingerprint density at radius 2 is 2.11 bits per heavy atom. The number of aromatic nitrogens is 2. The normalized spacial score (nSPS) is 10.9. The second kappa shape index (κ2) is 4.56. The fraction of sp³-hybridized carbons (Fsp3) is 0.333. The lowest BCUT2D eigenvalue weighted by Crippen LogP contribution is -2.21. The molecule has 0 aliphatic rings. The lowest BCUT2D eigenvalue weighted by atomic mass is 10.1. The van der Waals surface area contributed by atoms with Gasteiger partial charge in [0.05, 0.1) is 17.4 Å². The summed E-state index contributed by atoms with van der Waals surface area (Å²) >= 11 is 0. The van der Waals surface area contributed by atoms with Crippen molar-refractivity contribution in [2.75, 3.05) is 11.5 Å². The van der Waals surface area contributed by atoms with Crippen LogP contribution < -0.4 is 17.0 Å². The van der Waals surface area contributed by atoms with Crippen LogP contribution in [-0.4, -0.2) is 14.7 Å². The minimum absolute atomic E-state index is 0.123. The average Bonchev–Trinajstić information content (AvgIpc) is 2.34. The van der Waals surface area contributed by atoms with Gasteiger partial charge in [-0.05, 0) is 12.5 Å². The summed E-state index contributed by atoms with van der Waals surface area (Å²) in [4.78, 5) is 16.3. The first-order chi connectivity index (χ1) is 8.56. The summed E-state index contributed by atoms with van der Waals surface area (Å²) < 4.78 is 1.50. The van der Waals surface area contributed by atoms with Crippen LogP contribution in [0, 0.1) is 0 Å². The SMILES string of the molecule is CCCCn1cnc2c(O)c(N)cc(N)c2c1=O. The van der Waals surface area contributed by atoms with Crippen molar-refractivity contribution >= 4 is 22.3 Å². The maximum atomic E-state index is 12.2. The number of anilines is 2. The van der Waals surface area contributed by atoms with E-state index in [1.807, 2.05) is 6.92 Å². The summed E-state index contributed by atoms with van der Waals surface area (Å²) in [5.41, 5.74) is 11.6. The third-order valence-corrected chi connectivity index (χ3v) is 2.89. The highest BCUT2D eigenvalue weighted by molar-refractivity contribution is 5.97. The number of phenolic OH excluding ortho intramolecular Hbond substituents is 1. The first-order valence-electron chi connectivity index (χ1n) is 5.82. The van der Waals surface area contributed by atoms with E-state index in [-0.39, 0.29) is 33.6 Å². The zero-order valence-corrected chi connectivity index (χ0v) is 10.2. The molecule has 2 aromatic rings. The largest absolute Gasteiger partial charge is 0.504 e. The standard InChI is InChI=1S/C12H16N4O2/c1-2-3-4-16-6-15-10-9(12(16)18)7(13)5-8(14)11(10)17/h5-6,17H,2-4,13-14H2,1H3. The molecule has 0 bridgehead atoms. The van der Waals surface area contributed by atoms with Crippen LogP contribution in [0.25, 0.3) is 10.9 Å². The van der Waals surface area contributed by atoms with E-state index < -0.39 is 0 Å². The van der Waals surface area contributed by atoms with Crippen molar-refractivity contribution in [2.24, 2.45) is 0 Å². The number of unbranched alkanes of at least 4 members (excludes halogenated alkanes) is 1. The fourth-order valence-electron chi connectivity index (χ4n) is 1.86. The lowest BCUT2D eigenvalue weighted by molar-refractivity contribution is 0.482. The predicted molar refractivity (Wildman–Crippen MR) is 71.4 cm³/mol.